The number of benzene rings is 2. The highest BCUT2D eigenvalue weighted by Crippen LogP contribution is 2.32. The van der Waals surface area contributed by atoms with Crippen LogP contribution in [0.15, 0.2) is 66.9 Å². The summed E-state index contributed by atoms with van der Waals surface area (Å²) in [5.74, 6) is 0.846. The van der Waals surface area contributed by atoms with Gasteiger partial charge in [0.2, 0.25) is 11.9 Å². The van der Waals surface area contributed by atoms with Crippen LogP contribution >= 0.6 is 0 Å². The van der Waals surface area contributed by atoms with E-state index in [1.165, 1.54) is 11.1 Å². The minimum absolute atomic E-state index is 0.0615. The molecular weight excluding hydrogens is 416 g/mol. The molecule has 0 spiro atoms. The van der Waals surface area contributed by atoms with Crippen LogP contribution in [0.25, 0.3) is 22.4 Å². The van der Waals surface area contributed by atoms with Crippen LogP contribution in [0.5, 0.6) is 0 Å². The highest BCUT2D eigenvalue weighted by atomic mass is 16.6. The van der Waals surface area contributed by atoms with Gasteiger partial charge >= 0.3 is 0 Å². The molecule has 7 nitrogen and oxygen atoms in total. The predicted molar refractivity (Wildman–Crippen MR) is 124 cm³/mol. The molecule has 1 aromatic heterocycles. The number of rotatable bonds is 6. The van der Waals surface area contributed by atoms with Crippen molar-refractivity contribution in [2.24, 2.45) is 5.92 Å². The van der Waals surface area contributed by atoms with Crippen molar-refractivity contribution in [3.05, 3.63) is 66.9 Å². The molecule has 0 radical (unpaired) electrons. The monoisotopic (exact) mass is 442 g/mol. The molecule has 4 unspecified atom stereocenters. The lowest BCUT2D eigenvalue weighted by molar-refractivity contribution is -0.123. The van der Waals surface area contributed by atoms with E-state index in [0.29, 0.717) is 19.2 Å². The van der Waals surface area contributed by atoms with E-state index in [1.54, 1.807) is 6.20 Å². The number of carbonyl (C=O) groups is 1. The highest BCUT2D eigenvalue weighted by Gasteiger charge is 2.49. The minimum Gasteiger partial charge on any atom is -0.371 e. The van der Waals surface area contributed by atoms with Gasteiger partial charge in [-0.25, -0.2) is 9.97 Å². The molecule has 2 aromatic carbocycles. The number of carbonyl (C=O) groups excluding carboxylic acids is 1. The topological polar surface area (TPSA) is 85.4 Å². The fraction of sp³-hybridized carbons (Fsp3) is 0.346. The molecule has 1 saturated carbocycles. The molecule has 2 N–H and O–H groups in total. The second-order valence-corrected chi connectivity index (χ2v) is 8.94. The number of nitrogens with zero attached hydrogens (tertiary/aromatic N) is 2. The van der Waals surface area contributed by atoms with Gasteiger partial charge in [0.25, 0.3) is 0 Å². The third kappa shape index (κ3) is 4.21. The Morgan fingerprint density at radius 1 is 0.818 bits per heavy atom. The molecule has 168 valence electrons. The molecule has 7 heteroatoms. The lowest BCUT2D eigenvalue weighted by Gasteiger charge is -2.18. The molecule has 4 atom stereocenters. The van der Waals surface area contributed by atoms with Gasteiger partial charge in [0.15, 0.2) is 0 Å². The van der Waals surface area contributed by atoms with E-state index < -0.39 is 0 Å². The smallest absolute Gasteiger partial charge is 0.223 e. The number of hydrogen-bond donors (Lipinski definition) is 2. The van der Waals surface area contributed by atoms with Crippen LogP contribution in [0.2, 0.25) is 0 Å². The lowest BCUT2D eigenvalue weighted by atomic mass is 10.0. The molecule has 3 fully saturated rings. The summed E-state index contributed by atoms with van der Waals surface area (Å²) in [6, 6.07) is 20.4. The van der Waals surface area contributed by atoms with Gasteiger partial charge < -0.3 is 20.1 Å². The summed E-state index contributed by atoms with van der Waals surface area (Å²) in [5.41, 5.74) is 4.24. The second kappa shape index (κ2) is 8.57. The normalized spacial score (nSPS) is 26.1. The van der Waals surface area contributed by atoms with Crippen molar-refractivity contribution < 1.29 is 14.3 Å². The number of amides is 1. The van der Waals surface area contributed by atoms with E-state index in [2.05, 4.69) is 52.0 Å². The zero-order valence-corrected chi connectivity index (χ0v) is 18.2. The Balaban J connectivity index is 1.12. The zero-order valence-electron chi connectivity index (χ0n) is 18.2. The van der Waals surface area contributed by atoms with Crippen LogP contribution in [0.4, 0.5) is 5.95 Å². The molecule has 0 bridgehead atoms. The first-order valence-electron chi connectivity index (χ1n) is 11.5. The van der Waals surface area contributed by atoms with Crippen molar-refractivity contribution >= 4 is 11.9 Å². The van der Waals surface area contributed by atoms with Crippen LogP contribution in [0.1, 0.15) is 12.8 Å². The number of nitrogens with one attached hydrogen (secondary N) is 2. The van der Waals surface area contributed by atoms with Crippen LogP contribution in [0, 0.1) is 5.92 Å². The Labute approximate surface area is 192 Å². The Morgan fingerprint density at radius 3 is 2.24 bits per heavy atom. The molecule has 6 rings (SSSR count). The summed E-state index contributed by atoms with van der Waals surface area (Å²) in [6.45, 7) is 0.963. The maximum Gasteiger partial charge on any atom is 0.223 e. The number of fused-ring (bicyclic) bond motifs is 1. The molecule has 33 heavy (non-hydrogen) atoms. The Morgan fingerprint density at radius 2 is 1.48 bits per heavy atom. The molecule has 2 saturated heterocycles. The van der Waals surface area contributed by atoms with Crippen molar-refractivity contribution in [3.63, 3.8) is 0 Å². The first-order valence-corrected chi connectivity index (χ1v) is 11.5. The van der Waals surface area contributed by atoms with Crippen molar-refractivity contribution in [3.8, 4) is 22.4 Å². The molecular formula is C26H26N4O3. The highest BCUT2D eigenvalue weighted by molar-refractivity contribution is 5.81. The van der Waals surface area contributed by atoms with Crippen molar-refractivity contribution in [1.29, 1.82) is 0 Å². The molecule has 3 aliphatic rings. The van der Waals surface area contributed by atoms with Crippen molar-refractivity contribution in [1.82, 2.24) is 15.3 Å². The van der Waals surface area contributed by atoms with Gasteiger partial charge in [-0.15, -0.1) is 0 Å². The van der Waals surface area contributed by atoms with E-state index in [0.717, 1.165) is 24.1 Å². The van der Waals surface area contributed by atoms with Gasteiger partial charge in [0.1, 0.15) is 12.2 Å². The van der Waals surface area contributed by atoms with Gasteiger partial charge in [-0.2, -0.15) is 0 Å². The molecule has 2 aliphatic heterocycles. The minimum atomic E-state index is -0.140. The average Bonchev–Trinajstić information content (AvgIpc) is 3.54. The van der Waals surface area contributed by atoms with E-state index >= 15 is 0 Å². The Kier molecular flexibility index (Phi) is 5.28. The Hall–Kier alpha value is -3.29. The van der Waals surface area contributed by atoms with Crippen LogP contribution in [0.3, 0.4) is 0 Å². The van der Waals surface area contributed by atoms with Crippen LogP contribution in [-0.2, 0) is 14.3 Å². The molecule has 1 aliphatic carbocycles. The van der Waals surface area contributed by atoms with E-state index in [1.807, 2.05) is 24.3 Å². The largest absolute Gasteiger partial charge is 0.371 e. The maximum atomic E-state index is 12.1. The SMILES string of the molecule is O=C(NC1COC2C(Nc3nccc(-c4ccc(-c5ccccc5)cc4)n3)COC12)C1CC1. The maximum absolute atomic E-state index is 12.1. The summed E-state index contributed by atoms with van der Waals surface area (Å²) >= 11 is 0. The van der Waals surface area contributed by atoms with Crippen LogP contribution in [-0.4, -0.2) is 53.4 Å². The number of anilines is 1. The predicted octanol–water partition coefficient (Wildman–Crippen LogP) is 3.28. The average molecular weight is 443 g/mol. The second-order valence-electron chi connectivity index (χ2n) is 8.94. The summed E-state index contributed by atoms with van der Waals surface area (Å²) in [5, 5.41) is 6.48. The van der Waals surface area contributed by atoms with E-state index in [-0.39, 0.29) is 36.1 Å². The quantitative estimate of drug-likeness (QED) is 0.610. The van der Waals surface area contributed by atoms with Crippen molar-refractivity contribution in [2.45, 2.75) is 37.1 Å². The molecule has 3 aromatic rings. The fourth-order valence-electron chi connectivity index (χ4n) is 4.61. The third-order valence-electron chi connectivity index (χ3n) is 6.59. The standard InChI is InChI=1S/C26H26N4O3/c31-25(19-10-11-19)28-21-14-32-24-22(15-33-23(21)24)30-26-27-13-12-20(29-26)18-8-6-17(7-9-18)16-4-2-1-3-5-16/h1-9,12-13,19,21-24H,10-11,14-15H2,(H,28,31)(H,27,29,30). The fourth-order valence-corrected chi connectivity index (χ4v) is 4.61. The van der Waals surface area contributed by atoms with Crippen LogP contribution < -0.4 is 10.6 Å². The van der Waals surface area contributed by atoms with Gasteiger partial charge in [-0.1, -0.05) is 54.6 Å². The van der Waals surface area contributed by atoms with Gasteiger partial charge in [-0.05, 0) is 30.0 Å². The first kappa shape index (κ1) is 20.3. The summed E-state index contributed by atoms with van der Waals surface area (Å²) < 4.78 is 12.0. The number of aromatic nitrogens is 2. The van der Waals surface area contributed by atoms with Gasteiger partial charge in [0, 0.05) is 17.7 Å². The first-order chi connectivity index (χ1) is 16.2. The molecule has 3 heterocycles. The lowest BCUT2D eigenvalue weighted by Crippen LogP contribution is -2.45. The Bertz CT molecular complexity index is 1130. The number of hydrogen-bond acceptors (Lipinski definition) is 6. The summed E-state index contributed by atoms with van der Waals surface area (Å²) in [4.78, 5) is 21.3. The molecule has 1 amide bonds. The van der Waals surface area contributed by atoms with Crippen molar-refractivity contribution in [2.75, 3.05) is 18.5 Å². The van der Waals surface area contributed by atoms with Gasteiger partial charge in [-0.3, -0.25) is 4.79 Å². The summed E-state index contributed by atoms with van der Waals surface area (Å²) in [6.07, 6.45) is 3.46. The van der Waals surface area contributed by atoms with E-state index in [9.17, 15) is 4.79 Å². The van der Waals surface area contributed by atoms with E-state index in [4.69, 9.17) is 14.5 Å². The van der Waals surface area contributed by atoms with Gasteiger partial charge in [0.05, 0.1) is 31.0 Å². The third-order valence-corrected chi connectivity index (χ3v) is 6.59. The number of ether oxygens (including phenoxy) is 2. The zero-order chi connectivity index (χ0) is 22.2. The summed E-state index contributed by atoms with van der Waals surface area (Å²) in [7, 11) is 0.